The van der Waals surface area contributed by atoms with Crippen molar-refractivity contribution in [2.45, 2.75) is 174 Å². The predicted molar refractivity (Wildman–Crippen MR) is 360 cm³/mol. The van der Waals surface area contributed by atoms with E-state index in [9.17, 15) is 59.1 Å². The molecule has 5 fully saturated rings. The summed E-state index contributed by atoms with van der Waals surface area (Å²) in [6, 6.07) is 19.9. The lowest BCUT2D eigenvalue weighted by Crippen LogP contribution is -2.64. The fourth-order valence-electron chi connectivity index (χ4n) is 16.4. The number of carbonyl (C=O) groups excluding carboxylic acids is 5. The number of aryl methyl sites for hydroxylation is 1. The average Bonchev–Trinajstić information content (AvgIpc) is 0.990. The molecule has 2 aliphatic heterocycles. The van der Waals surface area contributed by atoms with Crippen LogP contribution in [0.25, 0.3) is 21.3 Å². The molecule has 4 saturated carbocycles. The van der Waals surface area contributed by atoms with Gasteiger partial charge in [-0.25, -0.2) is 24.4 Å². The van der Waals surface area contributed by atoms with Crippen molar-refractivity contribution in [1.29, 1.82) is 0 Å². The van der Waals surface area contributed by atoms with Crippen LogP contribution >= 0.6 is 11.3 Å². The number of carbonyl (C=O) groups is 7. The lowest BCUT2D eigenvalue weighted by molar-refractivity contribution is -0.248. The highest BCUT2D eigenvalue weighted by atomic mass is 32.1. The molecule has 0 spiro atoms. The van der Waals surface area contributed by atoms with E-state index in [0.29, 0.717) is 71.2 Å². The molecule has 11 N–H and O–H groups in total. The number of hydrogen-bond donors (Lipinski definition) is 10. The third-order valence-corrected chi connectivity index (χ3v) is 21.1. The number of pyridine rings is 1. The van der Waals surface area contributed by atoms with E-state index in [4.69, 9.17) is 30.0 Å². The topological polar surface area (TPSA) is 373 Å². The number of thiazole rings is 1. The number of nitrogens with one attached hydrogen (secondary N) is 4. The number of rotatable bonds is 25. The van der Waals surface area contributed by atoms with Crippen molar-refractivity contribution in [2.24, 2.45) is 27.9 Å². The molecular weight excluding hydrogens is 1270 g/mol. The van der Waals surface area contributed by atoms with Crippen molar-refractivity contribution >= 4 is 79.9 Å². The van der Waals surface area contributed by atoms with Gasteiger partial charge in [-0.2, -0.15) is 5.10 Å². The fraction of sp³-hybridized carbons (Fsp3) is 0.514. The van der Waals surface area contributed by atoms with Crippen LogP contribution in [-0.2, 0) is 65.9 Å². The Morgan fingerprint density at radius 3 is 2.30 bits per heavy atom. The van der Waals surface area contributed by atoms with E-state index >= 15 is 0 Å². The van der Waals surface area contributed by atoms with Crippen LogP contribution in [0.2, 0.25) is 0 Å². The van der Waals surface area contributed by atoms with Gasteiger partial charge in [0, 0.05) is 74.3 Å². The number of aliphatic hydroxyl groups is 3. The molecule has 518 valence electrons. The number of para-hydroxylation sites is 1. The van der Waals surface area contributed by atoms with Gasteiger partial charge in [0.15, 0.2) is 16.9 Å². The summed E-state index contributed by atoms with van der Waals surface area (Å²) in [5.74, 6) is -4.09. The zero-order valence-corrected chi connectivity index (χ0v) is 56.4. The Kier molecular flexibility index (Phi) is 20.3. The molecule has 12 rings (SSSR count). The van der Waals surface area contributed by atoms with Gasteiger partial charge in [-0.15, -0.1) is 0 Å². The number of fused-ring (bicyclic) bond motifs is 2. The second kappa shape index (κ2) is 28.2. The van der Waals surface area contributed by atoms with Crippen molar-refractivity contribution in [3.05, 3.63) is 118 Å². The number of carboxylic acid groups (broad SMARTS) is 2. The van der Waals surface area contributed by atoms with Gasteiger partial charge >= 0.3 is 18.0 Å². The zero-order valence-electron chi connectivity index (χ0n) is 55.6. The molecule has 4 bridgehead atoms. The summed E-state index contributed by atoms with van der Waals surface area (Å²) >= 11 is 1.40. The van der Waals surface area contributed by atoms with Crippen LogP contribution in [0.4, 0.5) is 21.4 Å². The van der Waals surface area contributed by atoms with Crippen molar-refractivity contribution in [2.75, 3.05) is 48.8 Å². The Labute approximate surface area is 565 Å². The fourth-order valence-corrected chi connectivity index (χ4v) is 17.2. The Hall–Kier alpha value is -8.44. The molecule has 97 heavy (non-hydrogen) atoms. The average molecular weight is 1350 g/mol. The number of benzene rings is 3. The van der Waals surface area contributed by atoms with Gasteiger partial charge in [-0.3, -0.25) is 29.2 Å². The Morgan fingerprint density at radius 1 is 0.835 bits per heavy atom. The van der Waals surface area contributed by atoms with Crippen molar-refractivity contribution < 1.29 is 73.3 Å². The van der Waals surface area contributed by atoms with Crippen molar-refractivity contribution in [3.63, 3.8) is 0 Å². The summed E-state index contributed by atoms with van der Waals surface area (Å²) in [6.07, 6.45) is -1.82. The molecule has 3 aromatic heterocycles. The zero-order chi connectivity index (χ0) is 69.5. The van der Waals surface area contributed by atoms with E-state index in [-0.39, 0.29) is 90.9 Å². The number of nitrogens with two attached hydrogens (primary N) is 1. The van der Waals surface area contributed by atoms with Crippen molar-refractivity contribution in [3.8, 4) is 11.1 Å². The lowest BCUT2D eigenvalue weighted by Gasteiger charge is -2.69. The Balaban J connectivity index is 0.769. The molecule has 26 nitrogen and oxygen atoms in total. The summed E-state index contributed by atoms with van der Waals surface area (Å²) in [6.45, 7) is 13.0. The maximum atomic E-state index is 14.3. The van der Waals surface area contributed by atoms with E-state index in [1.165, 1.54) is 30.2 Å². The lowest BCUT2D eigenvalue weighted by atomic mass is 9.39. The van der Waals surface area contributed by atoms with Gasteiger partial charge in [0.05, 0.1) is 40.8 Å². The summed E-state index contributed by atoms with van der Waals surface area (Å²) < 4.78 is 21.6. The minimum atomic E-state index is -1.90. The number of aliphatic hydroxyl groups excluding tert-OH is 3. The second-order valence-electron chi connectivity index (χ2n) is 28.3. The number of ether oxygens (including phenoxy) is 3. The van der Waals surface area contributed by atoms with Gasteiger partial charge in [-0.1, -0.05) is 69.4 Å². The normalized spacial score (nSPS) is 25.4. The number of hydrogen-bond acceptors (Lipinski definition) is 19. The number of nitrogens with zero attached hydrogens (tertiary/aromatic N) is 6. The number of aliphatic carboxylic acids is 1. The molecule has 9 atom stereocenters. The van der Waals surface area contributed by atoms with Gasteiger partial charge < -0.3 is 71.2 Å². The number of aromatic nitrogens is 4. The standard InChI is InChI=1S/C70H87N11O15S/c1-38(2)54(71)62(88)74-39(3)60(86)75-44-17-15-43(42(27-44)16-19-50-56(83)57(84)58(85)59(96-50)64(91)92)30-94-66(93)79(24-22-53(82)72-7)25-26-95-70-34-67(5)31-68(6,35-70)33-69(32-67,36-70)37-81-40(4)47(28-73-81)45-18-20-52(77-55(45)63(89)90)80-23-21-41-11-10-12-46(48(41)29-80)61(87)78-65-76-49-13-8-9-14-51(49)97-65/h8-15,17-18,20,27-28,38-39,50,54,56-59,83-85H,16,19,21-26,29-37,71H2,1-7H3,(H,72,82)(H,74,88)(H,75,86)(H,89,90)(H,91,92)(H,76,78,87)/t39-,50+,54-,56-,57+,58-,59-,67?,68?,69?,70?/m0/s1. The molecule has 4 aliphatic carbocycles. The van der Waals surface area contributed by atoms with Crippen LogP contribution < -0.4 is 31.9 Å². The van der Waals surface area contributed by atoms with Crippen molar-refractivity contribution in [1.82, 2.24) is 35.3 Å². The molecule has 1 saturated heterocycles. The predicted octanol–water partition coefficient (Wildman–Crippen LogP) is 6.58. The van der Waals surface area contributed by atoms with Gasteiger partial charge in [0.2, 0.25) is 17.7 Å². The smallest absolute Gasteiger partial charge is 0.410 e. The van der Waals surface area contributed by atoms with Crippen LogP contribution in [0.3, 0.4) is 0 Å². The minimum Gasteiger partial charge on any atom is -0.479 e. The number of carboxylic acids is 2. The summed E-state index contributed by atoms with van der Waals surface area (Å²) in [7, 11) is 1.50. The van der Waals surface area contributed by atoms with Crippen LogP contribution in [0.1, 0.15) is 135 Å². The van der Waals surface area contributed by atoms with E-state index in [1.54, 1.807) is 50.4 Å². The van der Waals surface area contributed by atoms with Crippen LogP contribution in [0.15, 0.2) is 79.0 Å². The van der Waals surface area contributed by atoms with Gasteiger partial charge in [0.25, 0.3) is 5.91 Å². The highest BCUT2D eigenvalue weighted by Crippen LogP contribution is 2.72. The molecule has 27 heteroatoms. The summed E-state index contributed by atoms with van der Waals surface area (Å²) in [5, 5.41) is 68.8. The maximum absolute atomic E-state index is 14.3. The highest BCUT2D eigenvalue weighted by Gasteiger charge is 2.66. The summed E-state index contributed by atoms with van der Waals surface area (Å²) in [4.78, 5) is 105. The molecule has 6 aliphatic rings. The molecule has 6 aromatic rings. The maximum Gasteiger partial charge on any atom is 0.410 e. The van der Waals surface area contributed by atoms with Gasteiger partial charge in [0.1, 0.15) is 36.8 Å². The first-order chi connectivity index (χ1) is 46.1. The number of amides is 5. The first-order valence-electron chi connectivity index (χ1n) is 33.0. The van der Waals surface area contributed by atoms with E-state index in [2.05, 4.69) is 40.1 Å². The largest absolute Gasteiger partial charge is 0.479 e. The quantitative estimate of drug-likeness (QED) is 0.0289. The highest BCUT2D eigenvalue weighted by molar-refractivity contribution is 7.22. The van der Waals surface area contributed by atoms with E-state index < -0.39 is 78.1 Å². The third-order valence-electron chi connectivity index (χ3n) is 20.1. The Morgan fingerprint density at radius 2 is 1.59 bits per heavy atom. The molecule has 5 heterocycles. The molecule has 5 amide bonds. The molecular formula is C70H87N11O15S. The Bertz CT molecular complexity index is 3960. The second-order valence-corrected chi connectivity index (χ2v) is 29.4. The van der Waals surface area contributed by atoms with Crippen LogP contribution in [-0.4, -0.2) is 173 Å². The molecule has 0 radical (unpaired) electrons. The first-order valence-corrected chi connectivity index (χ1v) is 33.9. The molecule has 3 aromatic carbocycles. The number of anilines is 3. The first kappa shape index (κ1) is 69.9. The minimum absolute atomic E-state index is 0.0117. The van der Waals surface area contributed by atoms with Gasteiger partial charge in [-0.05, 0) is 159 Å². The molecule has 2 unspecified atom stereocenters. The van der Waals surface area contributed by atoms with Crippen LogP contribution in [0.5, 0.6) is 0 Å². The number of aromatic carboxylic acids is 1. The summed E-state index contributed by atoms with van der Waals surface area (Å²) in [5.41, 5.74) is 11.2. The third kappa shape index (κ3) is 15.2. The van der Waals surface area contributed by atoms with Crippen LogP contribution in [0, 0.1) is 29.1 Å². The SMILES string of the molecule is CNC(=O)CCN(CCOC12CC3(C)CC(C)(CC(Cn4ncc(-c5ccc(N6CCc7cccc(C(=O)Nc8nc9ccccc9s8)c7C6)nc5C(=O)O)c4C)(C3)C1)C2)C(=O)OCc1ccc(NC(=O)[C@H](C)NC(=O)[C@@H](N)C(C)C)cc1CC[C@H]1O[C@H](C(=O)O)[C@@H](O)[C@H](O)[C@H]1O. The van der Waals surface area contributed by atoms with E-state index in [1.807, 2.05) is 59.0 Å². The monoisotopic (exact) mass is 1350 g/mol. The van der Waals surface area contributed by atoms with E-state index in [0.717, 1.165) is 59.1 Å².